The number of aryl methyl sites for hydroxylation is 3. The van der Waals surface area contributed by atoms with E-state index in [4.69, 9.17) is 0 Å². The van der Waals surface area contributed by atoms with Crippen LogP contribution in [0.4, 0.5) is 0 Å². The van der Waals surface area contributed by atoms with Gasteiger partial charge in [-0.3, -0.25) is 0 Å². The van der Waals surface area contributed by atoms with Crippen LogP contribution in [0.3, 0.4) is 0 Å². The molecule has 0 aliphatic rings. The van der Waals surface area contributed by atoms with E-state index in [9.17, 15) is 8.42 Å². The van der Waals surface area contributed by atoms with Crippen molar-refractivity contribution in [1.29, 1.82) is 0 Å². The molecule has 0 saturated carbocycles. The first kappa shape index (κ1) is 16.4. The maximum atomic E-state index is 12.7. The van der Waals surface area contributed by atoms with Crippen molar-refractivity contribution >= 4 is 32.5 Å². The van der Waals surface area contributed by atoms with Gasteiger partial charge < -0.3 is 0 Å². The smallest absolute Gasteiger partial charge is 0.191 e. The van der Waals surface area contributed by atoms with Gasteiger partial charge in [-0.2, -0.15) is 0 Å². The van der Waals surface area contributed by atoms with E-state index in [-0.39, 0.29) is 5.75 Å². The molecule has 3 nitrogen and oxygen atoms in total. The van der Waals surface area contributed by atoms with Crippen LogP contribution in [0.2, 0.25) is 0 Å². The van der Waals surface area contributed by atoms with E-state index < -0.39 is 9.84 Å². The van der Waals surface area contributed by atoms with E-state index in [2.05, 4.69) is 4.98 Å². The molecule has 0 aliphatic heterocycles. The number of rotatable bonds is 4. The zero-order valence-electron chi connectivity index (χ0n) is 13.2. The minimum absolute atomic E-state index is 0.0369. The minimum Gasteiger partial charge on any atom is -0.241 e. The van der Waals surface area contributed by atoms with Crippen LogP contribution in [0.25, 0.3) is 10.6 Å². The monoisotopic (exact) mass is 363 g/mol. The molecule has 0 radical (unpaired) electrons. The minimum atomic E-state index is -3.33. The predicted octanol–water partition coefficient (Wildman–Crippen LogP) is 4.77. The Balaban J connectivity index is 1.89. The lowest BCUT2D eigenvalue weighted by Crippen LogP contribution is -2.04. The van der Waals surface area contributed by atoms with E-state index >= 15 is 0 Å². The highest BCUT2D eigenvalue weighted by Gasteiger charge is 2.20. The summed E-state index contributed by atoms with van der Waals surface area (Å²) in [4.78, 5) is 5.32. The molecule has 120 valence electrons. The molecule has 0 saturated heterocycles. The van der Waals surface area contributed by atoms with Crippen LogP contribution in [-0.4, -0.2) is 13.4 Å². The van der Waals surface area contributed by atoms with Crippen molar-refractivity contribution in [1.82, 2.24) is 4.98 Å². The molecule has 3 rings (SSSR count). The Labute approximate surface area is 144 Å². The predicted molar refractivity (Wildman–Crippen MR) is 97.0 cm³/mol. The molecule has 23 heavy (non-hydrogen) atoms. The van der Waals surface area contributed by atoms with Gasteiger partial charge in [0.05, 0.1) is 21.3 Å². The van der Waals surface area contributed by atoms with Crippen LogP contribution in [-0.2, 0) is 15.6 Å². The van der Waals surface area contributed by atoms with Crippen LogP contribution in [0, 0.1) is 20.8 Å². The summed E-state index contributed by atoms with van der Waals surface area (Å²) >= 11 is 2.86. The molecule has 0 aliphatic carbocycles. The van der Waals surface area contributed by atoms with Crippen molar-refractivity contribution < 1.29 is 8.42 Å². The van der Waals surface area contributed by atoms with E-state index in [1.54, 1.807) is 17.4 Å². The Bertz CT molecular complexity index is 952. The number of aromatic nitrogens is 1. The number of nitrogens with zero attached hydrogens (tertiary/aromatic N) is 1. The first-order valence-corrected chi connectivity index (χ1v) is 10.5. The summed E-state index contributed by atoms with van der Waals surface area (Å²) in [7, 11) is -3.33. The summed E-state index contributed by atoms with van der Waals surface area (Å²) < 4.78 is 25.8. The van der Waals surface area contributed by atoms with Gasteiger partial charge in [0.15, 0.2) is 9.84 Å². The lowest BCUT2D eigenvalue weighted by atomic mass is 10.1. The normalized spacial score (nSPS) is 11.8. The van der Waals surface area contributed by atoms with Crippen LogP contribution < -0.4 is 0 Å². The lowest BCUT2D eigenvalue weighted by molar-refractivity contribution is 0.597. The number of thiazole rings is 1. The topological polar surface area (TPSA) is 47.0 Å². The van der Waals surface area contributed by atoms with Gasteiger partial charge in [0, 0.05) is 5.38 Å². The zero-order valence-corrected chi connectivity index (χ0v) is 15.6. The molecule has 3 aromatic rings. The summed E-state index contributed by atoms with van der Waals surface area (Å²) in [6, 6.07) is 9.40. The summed E-state index contributed by atoms with van der Waals surface area (Å²) in [6.45, 7) is 5.90. The van der Waals surface area contributed by atoms with Gasteiger partial charge in [-0.1, -0.05) is 23.8 Å². The highest BCUT2D eigenvalue weighted by atomic mass is 32.2. The van der Waals surface area contributed by atoms with Crippen LogP contribution in [0.5, 0.6) is 0 Å². The highest BCUT2D eigenvalue weighted by molar-refractivity contribution is 7.92. The van der Waals surface area contributed by atoms with E-state index in [0.717, 1.165) is 32.3 Å². The summed E-state index contributed by atoms with van der Waals surface area (Å²) in [5.41, 5.74) is 3.86. The first-order chi connectivity index (χ1) is 10.8. The maximum Gasteiger partial charge on any atom is 0.191 e. The third-order valence-electron chi connectivity index (χ3n) is 3.60. The van der Waals surface area contributed by atoms with Crippen molar-refractivity contribution in [3.8, 4) is 10.6 Å². The van der Waals surface area contributed by atoms with E-state index in [1.807, 2.05) is 50.4 Å². The molecule has 0 spiro atoms. The molecular formula is C17H17NO2S3. The van der Waals surface area contributed by atoms with E-state index in [0.29, 0.717) is 4.21 Å². The number of hydrogen-bond donors (Lipinski definition) is 0. The summed E-state index contributed by atoms with van der Waals surface area (Å²) in [6.07, 6.45) is 0. The van der Waals surface area contributed by atoms with Crippen LogP contribution in [0.1, 0.15) is 21.7 Å². The highest BCUT2D eigenvalue weighted by Crippen LogP contribution is 2.33. The van der Waals surface area contributed by atoms with Gasteiger partial charge in [-0.25, -0.2) is 13.4 Å². The Morgan fingerprint density at radius 2 is 1.87 bits per heavy atom. The second kappa shape index (κ2) is 6.19. The Morgan fingerprint density at radius 1 is 1.09 bits per heavy atom. The largest absolute Gasteiger partial charge is 0.241 e. The molecule has 2 aromatic heterocycles. The molecule has 2 heterocycles. The first-order valence-electron chi connectivity index (χ1n) is 7.16. The van der Waals surface area contributed by atoms with Crippen molar-refractivity contribution in [2.24, 2.45) is 0 Å². The van der Waals surface area contributed by atoms with Crippen molar-refractivity contribution in [3.05, 3.63) is 57.4 Å². The SMILES string of the molecule is Cc1ccc(CS(=O)(=O)c2ccc(-c3csc(C)n3)s2)c(C)c1. The number of sulfone groups is 1. The Hall–Kier alpha value is -1.50. The molecule has 0 fully saturated rings. The summed E-state index contributed by atoms with van der Waals surface area (Å²) in [5.74, 6) is 0.0369. The van der Waals surface area contributed by atoms with Gasteiger partial charge >= 0.3 is 0 Å². The van der Waals surface area contributed by atoms with Gasteiger partial charge in [0.25, 0.3) is 0 Å². The lowest BCUT2D eigenvalue weighted by Gasteiger charge is -2.07. The van der Waals surface area contributed by atoms with Crippen LogP contribution in [0.15, 0.2) is 39.9 Å². The average molecular weight is 364 g/mol. The van der Waals surface area contributed by atoms with Crippen molar-refractivity contribution in [3.63, 3.8) is 0 Å². The quantitative estimate of drug-likeness (QED) is 0.671. The van der Waals surface area contributed by atoms with Gasteiger partial charge in [0.2, 0.25) is 0 Å². The molecule has 1 aromatic carbocycles. The molecule has 6 heteroatoms. The summed E-state index contributed by atoms with van der Waals surface area (Å²) in [5, 5.41) is 2.94. The fraction of sp³-hybridized carbons (Fsp3) is 0.235. The average Bonchev–Trinajstić information content (AvgIpc) is 3.10. The third-order valence-corrected chi connectivity index (χ3v) is 7.73. The number of benzene rings is 1. The fourth-order valence-electron chi connectivity index (χ4n) is 2.39. The molecule has 0 bridgehead atoms. The molecule has 0 amide bonds. The molecule has 0 unspecified atom stereocenters. The Morgan fingerprint density at radius 3 is 2.52 bits per heavy atom. The fourth-order valence-corrected chi connectivity index (χ4v) is 5.88. The van der Waals surface area contributed by atoms with Gasteiger partial charge in [0.1, 0.15) is 4.21 Å². The third kappa shape index (κ3) is 3.54. The zero-order chi connectivity index (χ0) is 16.6. The molecule has 0 N–H and O–H groups in total. The Kier molecular flexibility index (Phi) is 4.40. The van der Waals surface area contributed by atoms with Crippen molar-refractivity contribution in [2.75, 3.05) is 0 Å². The molecular weight excluding hydrogens is 346 g/mol. The van der Waals surface area contributed by atoms with Crippen LogP contribution >= 0.6 is 22.7 Å². The van der Waals surface area contributed by atoms with Crippen molar-refractivity contribution in [2.45, 2.75) is 30.7 Å². The second-order valence-electron chi connectivity index (χ2n) is 5.56. The number of thiophene rings is 1. The van der Waals surface area contributed by atoms with Gasteiger partial charge in [-0.15, -0.1) is 22.7 Å². The maximum absolute atomic E-state index is 12.7. The van der Waals surface area contributed by atoms with Gasteiger partial charge in [-0.05, 0) is 44.0 Å². The second-order valence-corrected chi connectivity index (χ2v) is 9.92. The van der Waals surface area contributed by atoms with E-state index in [1.165, 1.54) is 11.3 Å². The standard InChI is InChI=1S/C17H17NO2S3/c1-11-4-5-14(12(2)8-11)10-23(19,20)17-7-6-16(22-17)15-9-21-13(3)18-15/h4-9H,10H2,1-3H3. The molecule has 0 atom stereocenters. The number of hydrogen-bond acceptors (Lipinski definition) is 5.